The minimum Gasteiger partial charge on any atom is -0.474 e. The molecule has 1 aromatic heterocycles. The van der Waals surface area contributed by atoms with E-state index in [0.717, 1.165) is 32.4 Å². The Labute approximate surface area is 205 Å². The lowest BCUT2D eigenvalue weighted by molar-refractivity contribution is -0.157. The first kappa shape index (κ1) is 30.0. The van der Waals surface area contributed by atoms with E-state index in [2.05, 4.69) is 45.6 Å². The van der Waals surface area contributed by atoms with Crippen LogP contribution in [0.5, 0.6) is 0 Å². The lowest BCUT2D eigenvalue weighted by Gasteiger charge is -2.27. The van der Waals surface area contributed by atoms with Gasteiger partial charge < -0.3 is 9.15 Å². The van der Waals surface area contributed by atoms with Gasteiger partial charge in [0.1, 0.15) is 8.07 Å². The Balaban J connectivity index is 2.33. The highest BCUT2D eigenvalue weighted by Crippen LogP contribution is 2.21. The number of nitrogens with zero attached hydrogens (tertiary/aromatic N) is 1. The second-order valence-corrected chi connectivity index (χ2v) is 14.9. The van der Waals surface area contributed by atoms with Gasteiger partial charge in [0.05, 0.1) is 11.6 Å². The van der Waals surface area contributed by atoms with E-state index in [1.807, 2.05) is 13.2 Å². The van der Waals surface area contributed by atoms with Crippen LogP contribution in [0.4, 0.5) is 0 Å². The molecule has 0 spiro atoms. The topological polar surface area (TPSA) is 42.7 Å². The van der Waals surface area contributed by atoms with Gasteiger partial charge >= 0.3 is 5.97 Å². The lowest BCUT2D eigenvalue weighted by Crippen LogP contribution is -2.44. The number of likely N-dealkylation sites (N-methyl/N-ethyl adjacent to an activating group) is 1. The second-order valence-electron chi connectivity index (χ2n) is 9.71. The van der Waals surface area contributed by atoms with Crippen molar-refractivity contribution in [1.82, 2.24) is 4.90 Å². The first-order chi connectivity index (χ1) is 16.0. The minimum absolute atomic E-state index is 0.0564. The molecule has 0 aliphatic rings. The van der Waals surface area contributed by atoms with Crippen LogP contribution in [-0.2, 0) is 16.0 Å². The van der Waals surface area contributed by atoms with Crippen LogP contribution < -0.4 is 5.38 Å². The van der Waals surface area contributed by atoms with Gasteiger partial charge in [-0.2, -0.15) is 0 Å². The third kappa shape index (κ3) is 10.8. The summed E-state index contributed by atoms with van der Waals surface area (Å²) in [5, 5.41) is 1.26. The highest BCUT2D eigenvalue weighted by atomic mass is 28.3. The van der Waals surface area contributed by atoms with Crippen LogP contribution >= 0.6 is 0 Å². The molecular weight excluding hydrogens is 426 g/mol. The zero-order chi connectivity index (χ0) is 24.5. The summed E-state index contributed by atoms with van der Waals surface area (Å²) in [7, 11) is -1.46. The van der Waals surface area contributed by atoms with E-state index >= 15 is 0 Å². The van der Waals surface area contributed by atoms with Gasteiger partial charge in [-0.25, -0.2) is 0 Å². The number of unbranched alkanes of at least 4 members (excludes halogenated alkanes) is 8. The Morgan fingerprint density at radius 3 is 2.06 bits per heavy atom. The quantitative estimate of drug-likeness (QED) is 0.0832. The molecule has 1 heterocycles. The maximum absolute atomic E-state index is 12.3. The van der Waals surface area contributed by atoms with E-state index in [1.54, 1.807) is 0 Å². The molecule has 0 aromatic carbocycles. The average molecular weight is 480 g/mol. The summed E-state index contributed by atoms with van der Waals surface area (Å²) in [5.41, 5.74) is 1.27. The van der Waals surface area contributed by atoms with Gasteiger partial charge in [0.15, 0.2) is 6.23 Å². The van der Waals surface area contributed by atoms with Gasteiger partial charge in [-0.15, -0.1) is 0 Å². The first-order valence-corrected chi connectivity index (χ1v) is 16.6. The average Bonchev–Trinajstić information content (AvgIpc) is 3.29. The molecule has 192 valence electrons. The number of carbonyl (C=O) groups is 1. The van der Waals surface area contributed by atoms with Crippen molar-refractivity contribution in [2.75, 3.05) is 13.1 Å². The van der Waals surface area contributed by atoms with Crippen molar-refractivity contribution in [1.29, 1.82) is 0 Å². The highest BCUT2D eigenvalue weighted by molar-refractivity contribution is 6.90. The van der Waals surface area contributed by atoms with Crippen molar-refractivity contribution in [3.8, 4) is 0 Å². The number of esters is 1. The molecule has 1 rings (SSSR count). The van der Waals surface area contributed by atoms with Crippen molar-refractivity contribution >= 4 is 19.4 Å². The van der Waals surface area contributed by atoms with Crippen molar-refractivity contribution in [2.24, 2.45) is 0 Å². The van der Waals surface area contributed by atoms with Crippen LogP contribution in [0.15, 0.2) is 16.7 Å². The molecular formula is C28H53NO3Si. The van der Waals surface area contributed by atoms with Gasteiger partial charge in [0.25, 0.3) is 0 Å². The largest absolute Gasteiger partial charge is 0.474 e. The number of hydrogen-bond acceptors (Lipinski definition) is 4. The third-order valence-corrected chi connectivity index (χ3v) is 13.0. The van der Waals surface area contributed by atoms with E-state index in [0.29, 0.717) is 6.42 Å². The molecule has 0 amide bonds. The highest BCUT2D eigenvalue weighted by Gasteiger charge is 2.32. The molecule has 0 bridgehead atoms. The fourth-order valence-electron chi connectivity index (χ4n) is 4.83. The molecule has 4 nitrogen and oxygen atoms in total. The van der Waals surface area contributed by atoms with Gasteiger partial charge in [-0.3, -0.25) is 9.69 Å². The van der Waals surface area contributed by atoms with Crippen molar-refractivity contribution < 1.29 is 13.9 Å². The predicted molar refractivity (Wildman–Crippen MR) is 144 cm³/mol. The van der Waals surface area contributed by atoms with Gasteiger partial charge in [0.2, 0.25) is 0 Å². The summed E-state index contributed by atoms with van der Waals surface area (Å²) >= 11 is 0. The number of hydrogen-bond donors (Lipinski definition) is 0. The molecule has 5 heteroatoms. The molecule has 1 atom stereocenters. The molecule has 0 saturated carbocycles. The number of furan rings is 1. The van der Waals surface area contributed by atoms with Gasteiger partial charge in [-0.05, 0) is 37.9 Å². The minimum atomic E-state index is -1.46. The van der Waals surface area contributed by atoms with Crippen LogP contribution in [0.25, 0.3) is 0 Å². The number of ether oxygens (including phenoxy) is 1. The maximum Gasteiger partial charge on any atom is 0.307 e. The molecule has 1 unspecified atom stereocenters. The van der Waals surface area contributed by atoms with E-state index in [9.17, 15) is 4.79 Å². The first-order valence-electron chi connectivity index (χ1n) is 14.0. The maximum atomic E-state index is 12.3. The van der Waals surface area contributed by atoms with Gasteiger partial charge in [-0.1, -0.05) is 104 Å². The monoisotopic (exact) mass is 479 g/mol. The van der Waals surface area contributed by atoms with E-state index in [1.165, 1.54) is 74.0 Å². The fourth-order valence-corrected chi connectivity index (χ4v) is 8.18. The van der Waals surface area contributed by atoms with Crippen LogP contribution in [0.3, 0.4) is 0 Å². The summed E-state index contributed by atoms with van der Waals surface area (Å²) in [6, 6.07) is 6.01. The van der Waals surface area contributed by atoms with Crippen molar-refractivity contribution in [3.05, 3.63) is 17.9 Å². The summed E-state index contributed by atoms with van der Waals surface area (Å²) in [6.07, 6.45) is 14.6. The normalized spacial score (nSPS) is 12.9. The van der Waals surface area contributed by atoms with Crippen LogP contribution in [0.1, 0.15) is 111 Å². The van der Waals surface area contributed by atoms with Crippen molar-refractivity contribution in [3.63, 3.8) is 0 Å². The van der Waals surface area contributed by atoms with Crippen LogP contribution in [0.2, 0.25) is 18.1 Å². The fraction of sp³-hybridized carbons (Fsp3) is 0.821. The van der Waals surface area contributed by atoms with Crippen LogP contribution in [0, 0.1) is 0 Å². The molecule has 0 radical (unpaired) electrons. The summed E-state index contributed by atoms with van der Waals surface area (Å²) in [6.45, 7) is 15.1. The van der Waals surface area contributed by atoms with E-state index in [-0.39, 0.29) is 12.2 Å². The Morgan fingerprint density at radius 1 is 0.939 bits per heavy atom. The zero-order valence-electron chi connectivity index (χ0n) is 22.7. The Kier molecular flexibility index (Phi) is 15.8. The molecule has 0 fully saturated rings. The van der Waals surface area contributed by atoms with Crippen LogP contribution in [-0.4, -0.2) is 38.3 Å². The summed E-state index contributed by atoms with van der Waals surface area (Å²) in [5.74, 6) is -0.0564. The van der Waals surface area contributed by atoms with E-state index < -0.39 is 8.07 Å². The molecule has 1 aromatic rings. The molecule has 0 aliphatic carbocycles. The third-order valence-electron chi connectivity index (χ3n) is 7.60. The molecule has 0 aliphatic heterocycles. The summed E-state index contributed by atoms with van der Waals surface area (Å²) < 4.78 is 11.8. The Morgan fingerprint density at radius 2 is 1.52 bits per heavy atom. The summed E-state index contributed by atoms with van der Waals surface area (Å²) in [4.78, 5) is 14.5. The van der Waals surface area contributed by atoms with Crippen molar-refractivity contribution in [2.45, 2.75) is 137 Å². The second kappa shape index (κ2) is 17.4. The smallest absolute Gasteiger partial charge is 0.307 e. The van der Waals surface area contributed by atoms with Gasteiger partial charge in [0, 0.05) is 13.0 Å². The predicted octanol–water partition coefficient (Wildman–Crippen LogP) is 7.67. The number of rotatable bonds is 20. The molecule has 33 heavy (non-hydrogen) atoms. The Bertz CT molecular complexity index is 618. The standard InChI is InChI=1S/C28H53NO3Si/c1-7-12-13-14-15-16-17-18-19-20-27(30)32-25(6)29(8-2)22-21-26-23-28(31-24-26)33(9-3,10-4)11-5/h23-25H,7-22H2,1-6H3. The number of carbonyl (C=O) groups excluding carboxylic acids is 1. The van der Waals surface area contributed by atoms with E-state index in [4.69, 9.17) is 9.15 Å². The Hall–Kier alpha value is -1.07. The molecule has 0 N–H and O–H groups in total. The lowest BCUT2D eigenvalue weighted by atomic mass is 10.1. The molecule has 0 saturated heterocycles. The zero-order valence-corrected chi connectivity index (χ0v) is 23.7. The SMILES string of the molecule is CCCCCCCCCCCC(=O)OC(C)N(CC)CCc1coc([Si](CC)(CC)CC)c1.